The summed E-state index contributed by atoms with van der Waals surface area (Å²) >= 11 is 0. The Balaban J connectivity index is 2.33. The first-order valence-corrected chi connectivity index (χ1v) is 4.94. The minimum atomic E-state index is -1.04. The molecule has 1 aromatic rings. The Morgan fingerprint density at radius 2 is 2.12 bits per heavy atom. The molecule has 0 spiro atoms. The quantitative estimate of drug-likeness (QED) is 0.732. The summed E-state index contributed by atoms with van der Waals surface area (Å²) in [5, 5.41) is 14.2. The van der Waals surface area contributed by atoms with Gasteiger partial charge < -0.3 is 14.9 Å². The minimum absolute atomic E-state index is 0.0912. The van der Waals surface area contributed by atoms with Crippen molar-refractivity contribution in [2.75, 3.05) is 6.54 Å². The molecule has 0 aliphatic heterocycles. The van der Waals surface area contributed by atoms with Gasteiger partial charge in [-0.1, -0.05) is 5.16 Å². The number of carbonyl (C=O) groups excluding carboxylic acids is 2. The van der Waals surface area contributed by atoms with Crippen LogP contribution in [-0.4, -0.2) is 34.5 Å². The molecule has 0 atom stereocenters. The van der Waals surface area contributed by atoms with Crippen molar-refractivity contribution in [1.82, 2.24) is 10.5 Å². The molecular formula is C10H12N2O5. The topological polar surface area (TPSA) is 110 Å². The van der Waals surface area contributed by atoms with Crippen LogP contribution in [0.15, 0.2) is 10.6 Å². The molecule has 92 valence electrons. The van der Waals surface area contributed by atoms with E-state index in [0.29, 0.717) is 5.76 Å². The number of carbonyl (C=O) groups is 3. The third-order valence-corrected chi connectivity index (χ3v) is 1.92. The number of nitrogens with one attached hydrogen (secondary N) is 1. The Morgan fingerprint density at radius 1 is 1.41 bits per heavy atom. The number of amides is 1. The van der Waals surface area contributed by atoms with Gasteiger partial charge in [0.1, 0.15) is 5.76 Å². The smallest absolute Gasteiger partial charge is 0.303 e. The van der Waals surface area contributed by atoms with Crippen molar-refractivity contribution in [2.24, 2.45) is 0 Å². The van der Waals surface area contributed by atoms with Gasteiger partial charge in [0.25, 0.3) is 5.91 Å². The molecule has 1 rings (SSSR count). The monoisotopic (exact) mass is 240 g/mol. The highest BCUT2D eigenvalue weighted by Crippen LogP contribution is 2.00. The van der Waals surface area contributed by atoms with E-state index in [9.17, 15) is 14.4 Å². The maximum atomic E-state index is 11.4. The molecule has 0 fully saturated rings. The number of rotatable bonds is 6. The summed E-state index contributed by atoms with van der Waals surface area (Å²) < 4.78 is 4.70. The third-order valence-electron chi connectivity index (χ3n) is 1.92. The van der Waals surface area contributed by atoms with E-state index in [0.717, 1.165) is 0 Å². The predicted octanol–water partition coefficient (Wildman–Crippen LogP) is 0.147. The molecule has 1 aromatic heterocycles. The Bertz CT molecular complexity index is 438. The predicted molar refractivity (Wildman–Crippen MR) is 55.5 cm³/mol. The molecule has 0 radical (unpaired) electrons. The lowest BCUT2D eigenvalue weighted by atomic mass is 10.2. The molecule has 0 unspecified atom stereocenters. The number of carboxylic acid groups (broad SMARTS) is 1. The molecule has 7 heteroatoms. The molecule has 0 aliphatic rings. The van der Waals surface area contributed by atoms with Crippen LogP contribution in [0.4, 0.5) is 0 Å². The van der Waals surface area contributed by atoms with Crippen LogP contribution in [0.3, 0.4) is 0 Å². The van der Waals surface area contributed by atoms with E-state index in [1.807, 2.05) is 0 Å². The van der Waals surface area contributed by atoms with Gasteiger partial charge in [0, 0.05) is 12.5 Å². The summed E-state index contributed by atoms with van der Waals surface area (Å²) in [6.45, 7) is 1.43. The lowest BCUT2D eigenvalue weighted by molar-refractivity contribution is -0.138. The average molecular weight is 240 g/mol. The highest BCUT2D eigenvalue weighted by molar-refractivity contribution is 5.95. The summed E-state index contributed by atoms with van der Waals surface area (Å²) in [7, 11) is 0. The van der Waals surface area contributed by atoms with Crippen molar-refractivity contribution >= 4 is 17.7 Å². The molecule has 7 nitrogen and oxygen atoms in total. The average Bonchev–Trinajstić information content (AvgIpc) is 2.70. The first-order chi connectivity index (χ1) is 7.99. The van der Waals surface area contributed by atoms with E-state index >= 15 is 0 Å². The molecule has 0 bridgehead atoms. The zero-order valence-corrected chi connectivity index (χ0v) is 9.23. The zero-order valence-electron chi connectivity index (χ0n) is 9.23. The van der Waals surface area contributed by atoms with E-state index in [1.165, 1.54) is 6.07 Å². The van der Waals surface area contributed by atoms with Crippen LogP contribution in [0.2, 0.25) is 0 Å². The molecule has 2 N–H and O–H groups in total. The fourth-order valence-electron chi connectivity index (χ4n) is 1.08. The Labute approximate surface area is 96.8 Å². The van der Waals surface area contributed by atoms with Crippen molar-refractivity contribution in [3.05, 3.63) is 17.5 Å². The first-order valence-electron chi connectivity index (χ1n) is 4.94. The number of aryl methyl sites for hydroxylation is 1. The molecule has 17 heavy (non-hydrogen) atoms. The van der Waals surface area contributed by atoms with Crippen molar-refractivity contribution in [1.29, 1.82) is 0 Å². The Hall–Kier alpha value is -2.18. The van der Waals surface area contributed by atoms with Crippen LogP contribution in [0.25, 0.3) is 0 Å². The largest absolute Gasteiger partial charge is 0.481 e. The number of hydrogen-bond donors (Lipinski definition) is 2. The second-order valence-corrected chi connectivity index (χ2v) is 3.44. The van der Waals surface area contributed by atoms with Crippen LogP contribution in [0.5, 0.6) is 0 Å². The lowest BCUT2D eigenvalue weighted by Gasteiger charge is -2.00. The van der Waals surface area contributed by atoms with Crippen molar-refractivity contribution in [3.8, 4) is 0 Å². The van der Waals surface area contributed by atoms with Gasteiger partial charge in [0.15, 0.2) is 11.5 Å². The van der Waals surface area contributed by atoms with Gasteiger partial charge in [0.05, 0.1) is 13.0 Å². The summed E-state index contributed by atoms with van der Waals surface area (Å²) in [5.74, 6) is -1.42. The molecule has 0 aliphatic carbocycles. The van der Waals surface area contributed by atoms with Gasteiger partial charge in [-0.15, -0.1) is 0 Å². The minimum Gasteiger partial charge on any atom is -0.481 e. The number of aliphatic carboxylic acids is 1. The van der Waals surface area contributed by atoms with Gasteiger partial charge in [-0.05, 0) is 6.92 Å². The molecule has 0 saturated heterocycles. The highest BCUT2D eigenvalue weighted by atomic mass is 16.5. The second-order valence-electron chi connectivity index (χ2n) is 3.44. The standard InChI is InChI=1S/C10H12N2O5/c1-6-4-8(12-17-6)10(16)11-5-7(13)2-3-9(14)15/h4H,2-3,5H2,1H3,(H,11,16)(H,14,15). The van der Waals surface area contributed by atoms with E-state index in [1.54, 1.807) is 6.92 Å². The summed E-state index contributed by atoms with van der Waals surface area (Å²) in [4.78, 5) is 32.8. The molecule has 0 aromatic carbocycles. The normalized spacial score (nSPS) is 9.94. The fraction of sp³-hybridized carbons (Fsp3) is 0.400. The lowest BCUT2D eigenvalue weighted by Crippen LogP contribution is -2.29. The maximum absolute atomic E-state index is 11.4. The zero-order chi connectivity index (χ0) is 12.8. The van der Waals surface area contributed by atoms with Crippen molar-refractivity contribution in [2.45, 2.75) is 19.8 Å². The number of Topliss-reactive ketones (excluding diaryl/α,β-unsaturated/α-hetero) is 1. The molecular weight excluding hydrogens is 228 g/mol. The van der Waals surface area contributed by atoms with Crippen LogP contribution in [-0.2, 0) is 9.59 Å². The fourth-order valence-corrected chi connectivity index (χ4v) is 1.08. The second kappa shape index (κ2) is 5.78. The van der Waals surface area contributed by atoms with E-state index in [-0.39, 0.29) is 30.9 Å². The molecule has 0 saturated carbocycles. The van der Waals surface area contributed by atoms with E-state index in [4.69, 9.17) is 9.63 Å². The Kier molecular flexibility index (Phi) is 4.38. The van der Waals surface area contributed by atoms with Gasteiger partial charge >= 0.3 is 5.97 Å². The summed E-state index contributed by atoms with van der Waals surface area (Å²) in [6, 6.07) is 1.44. The summed E-state index contributed by atoms with van der Waals surface area (Å²) in [6.07, 6.45) is -0.342. The molecule has 1 amide bonds. The van der Waals surface area contributed by atoms with Crippen LogP contribution < -0.4 is 5.32 Å². The van der Waals surface area contributed by atoms with E-state index < -0.39 is 11.9 Å². The molecule has 1 heterocycles. The van der Waals surface area contributed by atoms with Crippen molar-refractivity contribution in [3.63, 3.8) is 0 Å². The SMILES string of the molecule is Cc1cc(C(=O)NCC(=O)CCC(=O)O)no1. The van der Waals surface area contributed by atoms with Gasteiger partial charge in [0.2, 0.25) is 0 Å². The van der Waals surface area contributed by atoms with Gasteiger partial charge in [-0.3, -0.25) is 14.4 Å². The number of nitrogens with zero attached hydrogens (tertiary/aromatic N) is 1. The van der Waals surface area contributed by atoms with Crippen LogP contribution in [0, 0.1) is 6.92 Å². The number of ketones is 1. The third kappa shape index (κ3) is 4.45. The van der Waals surface area contributed by atoms with Crippen LogP contribution in [0.1, 0.15) is 29.1 Å². The van der Waals surface area contributed by atoms with E-state index in [2.05, 4.69) is 10.5 Å². The van der Waals surface area contributed by atoms with Gasteiger partial charge in [-0.2, -0.15) is 0 Å². The maximum Gasteiger partial charge on any atom is 0.303 e. The number of carboxylic acids is 1. The van der Waals surface area contributed by atoms with Crippen LogP contribution >= 0.6 is 0 Å². The first kappa shape index (κ1) is 12.9. The van der Waals surface area contributed by atoms with Crippen molar-refractivity contribution < 1.29 is 24.0 Å². The number of aromatic nitrogens is 1. The highest BCUT2D eigenvalue weighted by Gasteiger charge is 2.12. The summed E-state index contributed by atoms with van der Waals surface area (Å²) in [5.41, 5.74) is 0.0912. The van der Waals surface area contributed by atoms with Gasteiger partial charge in [-0.25, -0.2) is 0 Å². The Morgan fingerprint density at radius 3 is 2.65 bits per heavy atom. The number of hydrogen-bond acceptors (Lipinski definition) is 5.